The number of nitrogens with zero attached hydrogens (tertiary/aromatic N) is 2. The maximum Gasteiger partial charge on any atom is 0.0166 e. The Bertz CT molecular complexity index is 2830. The first-order chi connectivity index (χ1) is 28.5. The van der Waals surface area contributed by atoms with Crippen molar-refractivity contribution in [3.05, 3.63) is 193 Å². The quantitative estimate of drug-likeness (QED) is 0.0861. The third-order valence-corrected chi connectivity index (χ3v) is 14.2. The minimum atomic E-state index is -1.69. The van der Waals surface area contributed by atoms with E-state index in [1.807, 2.05) is 54.9 Å². The largest absolute Gasteiger partial charge is 0.305 e. The Morgan fingerprint density at radius 3 is 1.37 bits per heavy atom. The molecule has 60 heavy (non-hydrogen) atoms. The molecule has 0 aliphatic rings. The molecule has 9 rings (SSSR count). The van der Waals surface area contributed by atoms with Crippen LogP contribution in [0.25, 0.3) is 77.1 Å². The van der Waals surface area contributed by atoms with Gasteiger partial charge in [0.05, 0.1) is 0 Å². The van der Waals surface area contributed by atoms with Gasteiger partial charge in [-0.1, -0.05) is 66.7 Å². The Labute approximate surface area is 372 Å². The van der Waals surface area contributed by atoms with E-state index in [2.05, 4.69) is 176 Å². The standard InChI is InChI=1S/C29H18N.C27H34GeN.Ir/c1-2-8-20(9-3-1)29-19-22(16-17-30-29)21-14-15-27-25-12-5-4-10-23(25)24-11-6-7-13-26(24)28(27)18-21;1-19(2)24-15-21(18-28(5,6)7)16-25(20(3)4)27(24)23-13-14-29-26(17-23)22-11-9-8-10-12-22;/h1-8,10-19H;8-11,13-17,19-20H,18H2,1-7H3;/q2*-1;. The van der Waals surface area contributed by atoms with Crippen molar-refractivity contribution < 1.29 is 20.1 Å². The van der Waals surface area contributed by atoms with Crippen LogP contribution < -0.4 is 0 Å². The number of hydrogen-bond acceptors (Lipinski definition) is 2. The molecule has 7 aromatic carbocycles. The molecule has 0 aliphatic heterocycles. The van der Waals surface area contributed by atoms with Gasteiger partial charge in [-0.25, -0.2) is 0 Å². The molecule has 9 aromatic rings. The number of fused-ring (bicyclic) bond motifs is 6. The molecule has 0 spiro atoms. The minimum absolute atomic E-state index is 0. The molecule has 0 bridgehead atoms. The van der Waals surface area contributed by atoms with E-state index in [0.29, 0.717) is 11.8 Å². The van der Waals surface area contributed by atoms with Gasteiger partial charge in [0.25, 0.3) is 0 Å². The van der Waals surface area contributed by atoms with E-state index in [1.54, 1.807) is 0 Å². The van der Waals surface area contributed by atoms with Gasteiger partial charge in [-0.05, 0) is 61.3 Å². The van der Waals surface area contributed by atoms with Crippen molar-refractivity contribution in [1.29, 1.82) is 0 Å². The first kappa shape index (κ1) is 42.9. The van der Waals surface area contributed by atoms with Crippen LogP contribution in [0.15, 0.2) is 164 Å². The monoisotopic (exact) mass is 1020 g/mol. The third-order valence-electron chi connectivity index (χ3n) is 11.1. The number of hydrogen-bond donors (Lipinski definition) is 0. The van der Waals surface area contributed by atoms with Gasteiger partial charge < -0.3 is 4.98 Å². The van der Waals surface area contributed by atoms with Crippen LogP contribution in [0, 0.1) is 12.1 Å². The van der Waals surface area contributed by atoms with Crippen molar-refractivity contribution in [1.82, 2.24) is 9.97 Å². The second-order valence-corrected chi connectivity index (χ2v) is 28.9. The average Bonchev–Trinajstić information content (AvgIpc) is 3.26. The van der Waals surface area contributed by atoms with E-state index in [9.17, 15) is 0 Å². The summed E-state index contributed by atoms with van der Waals surface area (Å²) in [6.07, 6.45) is 3.83. The van der Waals surface area contributed by atoms with Gasteiger partial charge in [0.1, 0.15) is 0 Å². The van der Waals surface area contributed by atoms with E-state index >= 15 is 0 Å². The van der Waals surface area contributed by atoms with Crippen LogP contribution in [0.2, 0.25) is 17.3 Å². The fraction of sp³-hybridized carbons (Fsp3) is 0.179. The summed E-state index contributed by atoms with van der Waals surface area (Å²) in [5, 5.41) is 9.04. The zero-order valence-corrected chi connectivity index (χ0v) is 40.2. The van der Waals surface area contributed by atoms with Crippen LogP contribution >= 0.6 is 0 Å². The molecule has 0 unspecified atom stereocenters. The second-order valence-electron chi connectivity index (χ2n) is 17.5. The van der Waals surface area contributed by atoms with Crippen molar-refractivity contribution in [3.63, 3.8) is 0 Å². The Kier molecular flexibility index (Phi) is 13.3. The summed E-state index contributed by atoms with van der Waals surface area (Å²) in [5.74, 6) is 8.47. The summed E-state index contributed by atoms with van der Waals surface area (Å²) in [7, 11) is 0. The van der Waals surface area contributed by atoms with Crippen LogP contribution in [0.4, 0.5) is 0 Å². The molecular weight excluding hydrogens is 965 g/mol. The molecule has 1 radical (unpaired) electrons. The van der Waals surface area contributed by atoms with Gasteiger partial charge in [-0.15, -0.1) is 35.9 Å². The van der Waals surface area contributed by atoms with Gasteiger partial charge in [-0.2, -0.15) is 0 Å². The second kappa shape index (κ2) is 18.6. The molecule has 2 aromatic heterocycles. The van der Waals surface area contributed by atoms with Gasteiger partial charge >= 0.3 is 180 Å². The molecule has 2 nitrogen and oxygen atoms in total. The maximum atomic E-state index is 4.63. The molecule has 0 saturated carbocycles. The number of rotatable bonds is 8. The van der Waals surface area contributed by atoms with Crippen LogP contribution in [0.1, 0.15) is 56.2 Å². The van der Waals surface area contributed by atoms with Crippen LogP contribution in [-0.2, 0) is 25.4 Å². The first-order valence-corrected chi connectivity index (χ1v) is 28.7. The summed E-state index contributed by atoms with van der Waals surface area (Å²) < 4.78 is 0. The zero-order chi connectivity index (χ0) is 41.1. The fourth-order valence-corrected chi connectivity index (χ4v) is 11.4. The maximum absolute atomic E-state index is 4.63. The number of aromatic nitrogens is 2. The molecule has 0 saturated heterocycles. The third kappa shape index (κ3) is 9.40. The molecular formula is C56H52GeIrN2-2. The van der Waals surface area contributed by atoms with Gasteiger partial charge in [-0.3, -0.25) is 0 Å². The predicted molar refractivity (Wildman–Crippen MR) is 256 cm³/mol. The van der Waals surface area contributed by atoms with Gasteiger partial charge in [0, 0.05) is 26.3 Å². The van der Waals surface area contributed by atoms with Crippen LogP contribution in [-0.4, -0.2) is 23.2 Å². The smallest absolute Gasteiger partial charge is 0.0166 e. The number of benzene rings is 7. The number of pyridine rings is 2. The SMILES string of the molecule is CC(C)c1cc([CH2][Ge]([CH3])([CH3])[CH3])cc(C(C)C)c1-c1ccnc(-c2[c-]cccc2)c1.[Ir].[c-]1ccccc1-c1cc(-c2ccc3c4ccccc4c4ccccc4c3c2)ccn1. The Morgan fingerprint density at radius 1 is 0.467 bits per heavy atom. The predicted octanol–water partition coefficient (Wildman–Crippen LogP) is 15.6. The Morgan fingerprint density at radius 2 is 0.900 bits per heavy atom. The average molecular weight is 1020 g/mol. The molecule has 0 amide bonds. The minimum Gasteiger partial charge on any atom is -0.305 e. The fourth-order valence-electron chi connectivity index (χ4n) is 8.39. The van der Waals surface area contributed by atoms with Crippen molar-refractivity contribution in [3.8, 4) is 44.8 Å². The van der Waals surface area contributed by atoms with Crippen LogP contribution in [0.3, 0.4) is 0 Å². The van der Waals surface area contributed by atoms with Gasteiger partial charge in [0.2, 0.25) is 0 Å². The first-order valence-electron chi connectivity index (χ1n) is 20.9. The van der Waals surface area contributed by atoms with E-state index in [4.69, 9.17) is 0 Å². The van der Waals surface area contributed by atoms with E-state index in [0.717, 1.165) is 28.1 Å². The van der Waals surface area contributed by atoms with Gasteiger partial charge in [0.15, 0.2) is 0 Å². The summed E-state index contributed by atoms with van der Waals surface area (Å²) >= 11 is -1.69. The molecule has 0 aliphatic carbocycles. The Balaban J connectivity index is 0.000000179. The summed E-state index contributed by atoms with van der Waals surface area (Å²) in [4.78, 5) is 9.18. The van der Waals surface area contributed by atoms with Crippen molar-refractivity contribution in [2.75, 3.05) is 0 Å². The molecule has 2 heterocycles. The summed E-state index contributed by atoms with van der Waals surface area (Å²) in [6, 6.07) is 60.4. The molecule has 0 N–H and O–H groups in total. The van der Waals surface area contributed by atoms with E-state index < -0.39 is 13.3 Å². The zero-order valence-electron chi connectivity index (χ0n) is 35.7. The van der Waals surface area contributed by atoms with Crippen molar-refractivity contribution in [2.24, 2.45) is 0 Å². The molecule has 301 valence electrons. The van der Waals surface area contributed by atoms with E-state index in [1.165, 1.54) is 71.0 Å². The van der Waals surface area contributed by atoms with Crippen molar-refractivity contribution >= 4 is 45.6 Å². The molecule has 0 fully saturated rings. The van der Waals surface area contributed by atoms with Crippen molar-refractivity contribution in [2.45, 2.75) is 62.1 Å². The Hall–Kier alpha value is -5.19. The van der Waals surface area contributed by atoms with Crippen LogP contribution in [0.5, 0.6) is 0 Å². The topological polar surface area (TPSA) is 25.8 Å². The summed E-state index contributed by atoms with van der Waals surface area (Å²) in [6.45, 7) is 9.27. The molecule has 0 atom stereocenters. The molecule has 4 heteroatoms. The van der Waals surface area contributed by atoms with E-state index in [-0.39, 0.29) is 20.1 Å². The normalized spacial score (nSPS) is 11.5. The summed E-state index contributed by atoms with van der Waals surface area (Å²) in [5.41, 5.74) is 13.5.